The second-order valence-corrected chi connectivity index (χ2v) is 9.80. The first kappa shape index (κ1) is 14.1. The molecule has 0 heterocycles. The smallest absolute Gasteiger partial charge is 0.0672 e. The van der Waals surface area contributed by atoms with E-state index < -0.39 is 8.07 Å². The molecule has 0 amide bonds. The molecule has 0 aromatic heterocycles. The van der Waals surface area contributed by atoms with Gasteiger partial charge in [0.05, 0.1) is 0 Å². The van der Waals surface area contributed by atoms with Gasteiger partial charge in [-0.1, -0.05) is 104 Å². The quantitative estimate of drug-likeness (QED) is 0.693. The van der Waals surface area contributed by atoms with Gasteiger partial charge in [-0.15, -0.1) is 0 Å². The van der Waals surface area contributed by atoms with Gasteiger partial charge in [0.1, 0.15) is 8.07 Å². The van der Waals surface area contributed by atoms with Crippen LogP contribution in [0.1, 0.15) is 26.7 Å². The molecule has 0 radical (unpaired) electrons. The first-order valence-electron chi connectivity index (χ1n) is 7.44. The van der Waals surface area contributed by atoms with Crippen LogP contribution in [0, 0.1) is 0 Å². The molecule has 0 saturated heterocycles. The zero-order valence-corrected chi connectivity index (χ0v) is 13.1. The lowest BCUT2D eigenvalue weighted by Gasteiger charge is -2.32. The van der Waals surface area contributed by atoms with Gasteiger partial charge in [-0.05, 0) is 6.04 Å². The van der Waals surface area contributed by atoms with Crippen LogP contribution in [0.3, 0.4) is 0 Å². The normalized spacial score (nSPS) is 11.5. The van der Waals surface area contributed by atoms with Crippen LogP contribution >= 0.6 is 0 Å². The average molecular weight is 268 g/mol. The molecule has 0 saturated carbocycles. The van der Waals surface area contributed by atoms with Gasteiger partial charge in [0.15, 0.2) is 0 Å². The number of unbranched alkanes of at least 4 members (excludes halogenated alkanes) is 1. The molecule has 0 N–H and O–H groups in total. The zero-order valence-electron chi connectivity index (χ0n) is 12.1. The van der Waals surface area contributed by atoms with E-state index in [2.05, 4.69) is 74.5 Å². The van der Waals surface area contributed by atoms with Crippen LogP contribution in [0.5, 0.6) is 0 Å². The number of hydrogen-bond donors (Lipinski definition) is 0. The van der Waals surface area contributed by atoms with Gasteiger partial charge in [0, 0.05) is 0 Å². The molecule has 100 valence electrons. The van der Waals surface area contributed by atoms with Gasteiger partial charge in [0.25, 0.3) is 0 Å². The minimum Gasteiger partial charge on any atom is -0.0672 e. The second-order valence-electron chi connectivity index (χ2n) is 5.27. The monoisotopic (exact) mass is 268 g/mol. The van der Waals surface area contributed by atoms with Crippen LogP contribution in [-0.2, 0) is 0 Å². The topological polar surface area (TPSA) is 0 Å². The maximum Gasteiger partial charge on any atom is 0.117 e. The summed E-state index contributed by atoms with van der Waals surface area (Å²) in [5.74, 6) is 0. The van der Waals surface area contributed by atoms with Gasteiger partial charge in [-0.2, -0.15) is 0 Å². The highest BCUT2D eigenvalue weighted by molar-refractivity contribution is 7.02. The van der Waals surface area contributed by atoms with E-state index in [1.807, 2.05) is 0 Å². The van der Waals surface area contributed by atoms with Crippen LogP contribution in [0.25, 0.3) is 0 Å². The third kappa shape index (κ3) is 2.98. The highest BCUT2D eigenvalue weighted by Gasteiger charge is 2.34. The van der Waals surface area contributed by atoms with E-state index in [4.69, 9.17) is 0 Å². The van der Waals surface area contributed by atoms with Crippen molar-refractivity contribution in [3.8, 4) is 0 Å². The van der Waals surface area contributed by atoms with E-state index in [-0.39, 0.29) is 0 Å². The fourth-order valence-electron chi connectivity index (χ4n) is 3.03. The molecule has 2 rings (SSSR count). The molecule has 0 aliphatic heterocycles. The summed E-state index contributed by atoms with van der Waals surface area (Å²) in [4.78, 5) is 0. The van der Waals surface area contributed by atoms with E-state index in [1.54, 1.807) is 10.4 Å². The minimum absolute atomic E-state index is 1.29. The lowest BCUT2D eigenvalue weighted by Crippen LogP contribution is -2.57. The van der Waals surface area contributed by atoms with Crippen LogP contribution in [0.2, 0.25) is 12.1 Å². The van der Waals surface area contributed by atoms with E-state index >= 15 is 0 Å². The summed E-state index contributed by atoms with van der Waals surface area (Å²) in [6.45, 7) is 4.67. The molecule has 2 aromatic carbocycles. The molecule has 0 unspecified atom stereocenters. The predicted molar refractivity (Wildman–Crippen MR) is 88.1 cm³/mol. The maximum atomic E-state index is 2.38. The zero-order chi connectivity index (χ0) is 13.6. The first-order valence-corrected chi connectivity index (χ1v) is 9.86. The molecule has 2 aromatic rings. The summed E-state index contributed by atoms with van der Waals surface area (Å²) in [6, 6.07) is 25.1. The van der Waals surface area contributed by atoms with Crippen molar-refractivity contribution in [1.29, 1.82) is 0 Å². The summed E-state index contributed by atoms with van der Waals surface area (Å²) in [5.41, 5.74) is 0. The lowest BCUT2D eigenvalue weighted by atomic mass is 10.4. The van der Waals surface area contributed by atoms with Crippen molar-refractivity contribution < 1.29 is 0 Å². The number of benzene rings is 2. The standard InChI is InChI=1S/C18H24Si/c1-3-5-16-19(4-2,17-12-8-6-9-13-17)18-14-10-7-11-15-18/h6-15H,3-5,16H2,1-2H3. The molecule has 0 spiro atoms. The van der Waals surface area contributed by atoms with Crippen molar-refractivity contribution >= 4 is 18.4 Å². The van der Waals surface area contributed by atoms with Crippen molar-refractivity contribution in [3.05, 3.63) is 60.7 Å². The SMILES string of the molecule is CCCC[Si](CC)(c1ccccc1)c1ccccc1. The Hall–Kier alpha value is -1.34. The molecular formula is C18H24Si. The Morgan fingerprint density at radius 2 is 1.21 bits per heavy atom. The largest absolute Gasteiger partial charge is 0.117 e. The summed E-state index contributed by atoms with van der Waals surface area (Å²) in [7, 11) is -1.54. The Bertz CT molecular complexity index is 436. The molecule has 0 fully saturated rings. The highest BCUT2D eigenvalue weighted by Crippen LogP contribution is 2.19. The molecule has 1 heteroatoms. The van der Waals surface area contributed by atoms with Crippen molar-refractivity contribution in [2.45, 2.75) is 38.8 Å². The fourth-order valence-corrected chi connectivity index (χ4v) is 7.73. The molecule has 0 bridgehead atoms. The maximum absolute atomic E-state index is 2.38. The molecule has 0 atom stereocenters. The van der Waals surface area contributed by atoms with Gasteiger partial charge >= 0.3 is 0 Å². The van der Waals surface area contributed by atoms with Crippen LogP contribution in [-0.4, -0.2) is 8.07 Å². The molecule has 0 aliphatic rings. The van der Waals surface area contributed by atoms with Gasteiger partial charge < -0.3 is 0 Å². The van der Waals surface area contributed by atoms with E-state index in [9.17, 15) is 0 Å². The van der Waals surface area contributed by atoms with Crippen molar-refractivity contribution in [2.75, 3.05) is 0 Å². The third-order valence-corrected chi connectivity index (χ3v) is 9.50. The van der Waals surface area contributed by atoms with Gasteiger partial charge in [-0.25, -0.2) is 0 Å². The molecule has 0 nitrogen and oxygen atoms in total. The molecule has 0 aliphatic carbocycles. The van der Waals surface area contributed by atoms with Crippen molar-refractivity contribution in [3.63, 3.8) is 0 Å². The van der Waals surface area contributed by atoms with Crippen molar-refractivity contribution in [1.82, 2.24) is 0 Å². The molecular weight excluding hydrogens is 244 g/mol. The Kier molecular flexibility index (Phi) is 4.98. The third-order valence-electron chi connectivity index (χ3n) is 4.21. The summed E-state index contributed by atoms with van der Waals surface area (Å²) >= 11 is 0. The predicted octanol–water partition coefficient (Wildman–Crippen LogP) is 4.07. The number of rotatable bonds is 6. The van der Waals surface area contributed by atoms with Crippen LogP contribution in [0.15, 0.2) is 60.7 Å². The van der Waals surface area contributed by atoms with Crippen molar-refractivity contribution in [2.24, 2.45) is 0 Å². The van der Waals surface area contributed by atoms with E-state index in [0.717, 1.165) is 0 Å². The first-order chi connectivity index (χ1) is 9.33. The fraction of sp³-hybridized carbons (Fsp3) is 0.333. The van der Waals surface area contributed by atoms with E-state index in [0.29, 0.717) is 0 Å². The Morgan fingerprint density at radius 1 is 0.737 bits per heavy atom. The summed E-state index contributed by atoms with van der Waals surface area (Å²) < 4.78 is 0. The summed E-state index contributed by atoms with van der Waals surface area (Å²) in [5, 5.41) is 3.19. The van der Waals surface area contributed by atoms with Crippen LogP contribution in [0.4, 0.5) is 0 Å². The second kappa shape index (κ2) is 6.72. The van der Waals surface area contributed by atoms with Gasteiger partial charge in [0.2, 0.25) is 0 Å². The summed E-state index contributed by atoms with van der Waals surface area (Å²) in [6.07, 6.45) is 2.62. The van der Waals surface area contributed by atoms with Crippen LogP contribution < -0.4 is 10.4 Å². The average Bonchev–Trinajstić information content (AvgIpc) is 2.51. The Balaban J connectivity index is 2.48. The number of hydrogen-bond acceptors (Lipinski definition) is 0. The Morgan fingerprint density at radius 3 is 1.58 bits per heavy atom. The molecule has 19 heavy (non-hydrogen) atoms. The highest BCUT2D eigenvalue weighted by atomic mass is 28.3. The van der Waals surface area contributed by atoms with E-state index in [1.165, 1.54) is 24.9 Å². The minimum atomic E-state index is -1.54. The van der Waals surface area contributed by atoms with Gasteiger partial charge in [-0.3, -0.25) is 0 Å². The lowest BCUT2D eigenvalue weighted by molar-refractivity contribution is 0.869. The Labute approximate surface area is 118 Å².